The molecule has 118 valence electrons. The predicted octanol–water partition coefficient (Wildman–Crippen LogP) is 0.127. The van der Waals surface area contributed by atoms with Gasteiger partial charge in [-0.15, -0.1) is 0 Å². The number of hydrogen-bond donors (Lipinski definition) is 2. The van der Waals surface area contributed by atoms with Crippen LogP contribution in [0.1, 0.15) is 13.8 Å². The van der Waals surface area contributed by atoms with E-state index in [0.29, 0.717) is 18.9 Å². The van der Waals surface area contributed by atoms with E-state index in [2.05, 4.69) is 13.8 Å². The van der Waals surface area contributed by atoms with Gasteiger partial charge in [0.2, 0.25) is 0 Å². The number of quaternary nitrogens is 1. The Morgan fingerprint density at radius 2 is 1.95 bits per heavy atom. The summed E-state index contributed by atoms with van der Waals surface area (Å²) in [5.74, 6) is 1.47. The molecule has 0 bridgehead atoms. The van der Waals surface area contributed by atoms with Crippen molar-refractivity contribution in [3.63, 3.8) is 0 Å². The van der Waals surface area contributed by atoms with Crippen LogP contribution in [0.25, 0.3) is 0 Å². The van der Waals surface area contributed by atoms with E-state index in [-0.39, 0.29) is 12.2 Å². The minimum Gasteiger partial charge on any atom is -0.497 e. The maximum absolute atomic E-state index is 10.1. The normalized spacial score (nSPS) is 27.1. The van der Waals surface area contributed by atoms with Gasteiger partial charge in [-0.3, -0.25) is 0 Å². The minimum atomic E-state index is -0.483. The average Bonchev–Trinajstić information content (AvgIpc) is 2.44. The number of benzene rings is 1. The average molecular weight is 296 g/mol. The monoisotopic (exact) mass is 296 g/mol. The van der Waals surface area contributed by atoms with Crippen molar-refractivity contribution in [2.75, 3.05) is 33.4 Å². The van der Waals surface area contributed by atoms with Gasteiger partial charge in [0.15, 0.2) is 0 Å². The van der Waals surface area contributed by atoms with Crippen molar-refractivity contribution in [2.45, 2.75) is 32.2 Å². The molecule has 0 aromatic heterocycles. The number of rotatable bonds is 6. The fraction of sp³-hybridized carbons (Fsp3) is 0.625. The largest absolute Gasteiger partial charge is 0.497 e. The molecule has 1 heterocycles. The van der Waals surface area contributed by atoms with Gasteiger partial charge in [0.1, 0.15) is 56.1 Å². The molecule has 3 atom stereocenters. The maximum atomic E-state index is 10.1. The molecule has 0 saturated carbocycles. The summed E-state index contributed by atoms with van der Waals surface area (Å²) in [6, 6.07) is 7.42. The van der Waals surface area contributed by atoms with E-state index in [1.807, 2.05) is 24.3 Å². The van der Waals surface area contributed by atoms with Gasteiger partial charge in [-0.25, -0.2) is 0 Å². The smallest absolute Gasteiger partial charge is 0.137 e. The number of nitrogens with one attached hydrogen (secondary N) is 1. The molecule has 2 N–H and O–H groups in total. The van der Waals surface area contributed by atoms with Crippen molar-refractivity contribution >= 4 is 0 Å². The molecule has 1 aliphatic heterocycles. The van der Waals surface area contributed by atoms with Crippen molar-refractivity contribution in [3.05, 3.63) is 24.3 Å². The van der Waals surface area contributed by atoms with E-state index in [4.69, 9.17) is 14.2 Å². The molecule has 1 aromatic rings. The maximum Gasteiger partial charge on any atom is 0.137 e. The van der Waals surface area contributed by atoms with Crippen molar-refractivity contribution < 1.29 is 24.2 Å². The van der Waals surface area contributed by atoms with Crippen LogP contribution in [-0.4, -0.2) is 56.8 Å². The Morgan fingerprint density at radius 3 is 2.62 bits per heavy atom. The first kappa shape index (κ1) is 16.1. The first-order valence-corrected chi connectivity index (χ1v) is 7.50. The molecule has 5 heteroatoms. The second-order valence-electron chi connectivity index (χ2n) is 5.76. The van der Waals surface area contributed by atoms with E-state index in [0.717, 1.165) is 18.8 Å². The van der Waals surface area contributed by atoms with Crippen molar-refractivity contribution in [1.29, 1.82) is 0 Å². The number of aliphatic hydroxyl groups excluding tert-OH is 1. The first-order chi connectivity index (χ1) is 10.1. The fourth-order valence-corrected chi connectivity index (χ4v) is 2.83. The second kappa shape index (κ2) is 7.64. The summed E-state index contributed by atoms with van der Waals surface area (Å²) in [5, 5.41) is 10.1. The Balaban J connectivity index is 1.77. The zero-order chi connectivity index (χ0) is 15.2. The fourth-order valence-electron chi connectivity index (χ4n) is 2.83. The van der Waals surface area contributed by atoms with Crippen LogP contribution in [0.4, 0.5) is 0 Å². The van der Waals surface area contributed by atoms with Gasteiger partial charge >= 0.3 is 0 Å². The Labute approximate surface area is 126 Å². The lowest BCUT2D eigenvalue weighted by Crippen LogP contribution is -3.16. The topological polar surface area (TPSA) is 52.4 Å². The predicted molar refractivity (Wildman–Crippen MR) is 80.1 cm³/mol. The van der Waals surface area contributed by atoms with E-state index in [1.54, 1.807) is 7.11 Å². The highest BCUT2D eigenvalue weighted by atomic mass is 16.5. The number of ether oxygens (including phenoxy) is 3. The summed E-state index contributed by atoms with van der Waals surface area (Å²) in [6.45, 7) is 6.99. The van der Waals surface area contributed by atoms with Crippen molar-refractivity contribution in [3.8, 4) is 11.5 Å². The van der Waals surface area contributed by atoms with Crippen LogP contribution in [0.2, 0.25) is 0 Å². The highest BCUT2D eigenvalue weighted by Gasteiger charge is 2.27. The number of methoxy groups -OCH3 is 1. The SMILES string of the molecule is COc1cccc(OC[C@@H](O)C[NH+]2C[C@H](C)O[C@@H](C)C2)c1. The minimum absolute atomic E-state index is 0.246. The van der Waals surface area contributed by atoms with Crippen LogP contribution in [0.3, 0.4) is 0 Å². The van der Waals surface area contributed by atoms with Gasteiger partial charge in [0.05, 0.1) is 7.11 Å². The molecule has 0 spiro atoms. The van der Waals surface area contributed by atoms with Crippen LogP contribution < -0.4 is 14.4 Å². The van der Waals surface area contributed by atoms with E-state index >= 15 is 0 Å². The molecular weight excluding hydrogens is 270 g/mol. The van der Waals surface area contributed by atoms with Gasteiger partial charge in [-0.05, 0) is 26.0 Å². The zero-order valence-electron chi connectivity index (χ0n) is 13.0. The van der Waals surface area contributed by atoms with Gasteiger partial charge in [-0.2, -0.15) is 0 Å². The van der Waals surface area contributed by atoms with Crippen LogP contribution >= 0.6 is 0 Å². The second-order valence-corrected chi connectivity index (χ2v) is 5.76. The highest BCUT2D eigenvalue weighted by Crippen LogP contribution is 2.18. The number of morpholine rings is 1. The van der Waals surface area contributed by atoms with Crippen LogP contribution in [0.5, 0.6) is 11.5 Å². The summed E-state index contributed by atoms with van der Waals surface area (Å²) < 4.78 is 16.5. The molecule has 5 nitrogen and oxygen atoms in total. The summed E-state index contributed by atoms with van der Waals surface area (Å²) in [4.78, 5) is 1.36. The summed E-state index contributed by atoms with van der Waals surface area (Å²) in [6.07, 6.45) is 0.00852. The molecular formula is C16H26NO4+. The lowest BCUT2D eigenvalue weighted by molar-refractivity contribution is -0.918. The van der Waals surface area contributed by atoms with Gasteiger partial charge in [0.25, 0.3) is 0 Å². The molecule has 1 aromatic carbocycles. The Hall–Kier alpha value is -1.30. The van der Waals surface area contributed by atoms with Crippen LogP contribution in [-0.2, 0) is 4.74 Å². The third-order valence-corrected chi connectivity index (χ3v) is 3.62. The van der Waals surface area contributed by atoms with E-state index in [9.17, 15) is 5.11 Å². The van der Waals surface area contributed by atoms with Gasteiger partial charge < -0.3 is 24.2 Å². The highest BCUT2D eigenvalue weighted by molar-refractivity contribution is 5.32. The lowest BCUT2D eigenvalue weighted by Gasteiger charge is -2.33. The summed E-state index contributed by atoms with van der Waals surface area (Å²) in [5.41, 5.74) is 0. The van der Waals surface area contributed by atoms with Crippen molar-refractivity contribution in [2.24, 2.45) is 0 Å². The summed E-state index contributed by atoms with van der Waals surface area (Å²) in [7, 11) is 1.62. The van der Waals surface area contributed by atoms with E-state index in [1.165, 1.54) is 4.90 Å². The number of aliphatic hydroxyl groups is 1. The molecule has 1 fully saturated rings. The standard InChI is InChI=1S/C16H25NO4/c1-12-8-17(9-13(2)21-12)10-14(18)11-20-16-6-4-5-15(7-16)19-3/h4-7,12-14,18H,8-11H2,1-3H3/p+1/t12-,13-,14-/m0/s1. The summed E-state index contributed by atoms with van der Waals surface area (Å²) >= 11 is 0. The molecule has 1 saturated heterocycles. The quantitative estimate of drug-likeness (QED) is 0.783. The first-order valence-electron chi connectivity index (χ1n) is 7.50. The lowest BCUT2D eigenvalue weighted by atomic mass is 10.2. The third kappa shape index (κ3) is 5.19. The van der Waals surface area contributed by atoms with Gasteiger partial charge in [0, 0.05) is 6.07 Å². The Bertz CT molecular complexity index is 430. The third-order valence-electron chi connectivity index (χ3n) is 3.62. The molecule has 0 unspecified atom stereocenters. The van der Waals surface area contributed by atoms with E-state index < -0.39 is 6.10 Å². The van der Waals surface area contributed by atoms with Gasteiger partial charge in [-0.1, -0.05) is 6.07 Å². The Morgan fingerprint density at radius 1 is 1.29 bits per heavy atom. The molecule has 0 aliphatic carbocycles. The Kier molecular flexibility index (Phi) is 5.85. The molecule has 21 heavy (non-hydrogen) atoms. The molecule has 1 aliphatic rings. The zero-order valence-corrected chi connectivity index (χ0v) is 13.0. The number of hydrogen-bond acceptors (Lipinski definition) is 4. The van der Waals surface area contributed by atoms with Crippen molar-refractivity contribution in [1.82, 2.24) is 0 Å². The van der Waals surface area contributed by atoms with Crippen LogP contribution in [0, 0.1) is 0 Å². The molecule has 0 amide bonds. The van der Waals surface area contributed by atoms with Crippen LogP contribution in [0.15, 0.2) is 24.3 Å². The molecule has 2 rings (SSSR count). The molecule has 0 radical (unpaired) electrons.